The molecule has 0 aromatic rings. The Morgan fingerprint density at radius 3 is 2.35 bits per heavy atom. The molecule has 0 aliphatic carbocycles. The fourth-order valence-corrected chi connectivity index (χ4v) is 1.45. The number of nitrogens with one attached hydrogen (secondary N) is 1. The third-order valence-electron chi connectivity index (χ3n) is 2.03. The predicted octanol–water partition coefficient (Wildman–Crippen LogP) is -4.05. The van der Waals surface area contributed by atoms with Crippen LogP contribution in [-0.2, 0) is 9.53 Å². The molecular weight excluding hydrogens is 219 g/mol. The second-order valence-corrected chi connectivity index (χ2v) is 4.91. The van der Waals surface area contributed by atoms with Gasteiger partial charge in [-0.1, -0.05) is 0 Å². The molecule has 0 radical (unpaired) electrons. The van der Waals surface area contributed by atoms with Crippen LogP contribution in [0.15, 0.2) is 0 Å². The van der Waals surface area contributed by atoms with Crippen LogP contribution in [-0.4, -0.2) is 48.2 Å². The number of alkyl carbamates (subject to hydrolysis) is 1. The number of carboxylic acid groups (broad SMARTS) is 1. The van der Waals surface area contributed by atoms with Gasteiger partial charge in [0.25, 0.3) is 0 Å². The molecule has 0 aromatic heterocycles. The van der Waals surface area contributed by atoms with Crippen molar-refractivity contribution in [3.8, 4) is 0 Å². The summed E-state index contributed by atoms with van der Waals surface area (Å²) in [6.07, 6.45) is -0.467. The average Bonchev–Trinajstić information content (AvgIpc) is 1.95. The maximum Gasteiger partial charge on any atom is 1.00 e. The van der Waals surface area contributed by atoms with Crippen molar-refractivity contribution in [3.63, 3.8) is 0 Å². The quantitative estimate of drug-likeness (QED) is 0.504. The van der Waals surface area contributed by atoms with Crippen LogP contribution in [0, 0.1) is 0 Å². The first-order chi connectivity index (χ1) is 7.26. The summed E-state index contributed by atoms with van der Waals surface area (Å²) in [5.74, 6) is -1.10. The molecule has 1 aliphatic heterocycles. The van der Waals surface area contributed by atoms with Crippen LogP contribution in [0.3, 0.4) is 0 Å². The van der Waals surface area contributed by atoms with Gasteiger partial charge >= 0.3 is 25.0 Å². The number of amides is 1. The molecule has 1 saturated heterocycles. The molecule has 1 aliphatic rings. The minimum atomic E-state index is -1.10. The standard InChI is InChI=1S/C10H18N2O4.Li/c1-10(2,3)16-9(15)11-7-4-12(5-7)6-8(13)14;/h7H,4-6H2,1-3H3,(H,11,15)(H,13,14);/q;+1/p-1. The van der Waals surface area contributed by atoms with Gasteiger partial charge in [-0.2, -0.15) is 0 Å². The number of carbonyl (C=O) groups excluding carboxylic acids is 2. The molecule has 0 atom stereocenters. The number of hydrogen-bond donors (Lipinski definition) is 1. The number of aliphatic carboxylic acids is 1. The van der Waals surface area contributed by atoms with Crippen LogP contribution in [0.1, 0.15) is 20.8 Å². The minimum absolute atomic E-state index is 0. The van der Waals surface area contributed by atoms with Gasteiger partial charge < -0.3 is 20.0 Å². The third-order valence-corrected chi connectivity index (χ3v) is 2.03. The number of rotatable bonds is 3. The molecule has 17 heavy (non-hydrogen) atoms. The summed E-state index contributed by atoms with van der Waals surface area (Å²) in [6.45, 7) is 6.31. The molecular formula is C10H17LiN2O4. The maximum atomic E-state index is 11.3. The monoisotopic (exact) mass is 236 g/mol. The van der Waals surface area contributed by atoms with Gasteiger partial charge in [0, 0.05) is 19.6 Å². The fraction of sp³-hybridized carbons (Fsp3) is 0.800. The van der Waals surface area contributed by atoms with E-state index in [2.05, 4.69) is 5.32 Å². The van der Waals surface area contributed by atoms with Crippen LogP contribution in [0.5, 0.6) is 0 Å². The Morgan fingerprint density at radius 2 is 1.94 bits per heavy atom. The molecule has 1 N–H and O–H groups in total. The van der Waals surface area contributed by atoms with E-state index >= 15 is 0 Å². The van der Waals surface area contributed by atoms with E-state index in [-0.39, 0.29) is 31.4 Å². The number of carbonyl (C=O) groups is 2. The normalized spacial score (nSPS) is 16.6. The third kappa shape index (κ3) is 6.57. The first kappa shape index (κ1) is 16.3. The minimum Gasteiger partial charge on any atom is -0.549 e. The van der Waals surface area contributed by atoms with Crippen molar-refractivity contribution >= 4 is 12.1 Å². The number of ether oxygens (including phenoxy) is 1. The van der Waals surface area contributed by atoms with E-state index in [4.69, 9.17) is 4.74 Å². The Labute approximate surface area is 113 Å². The van der Waals surface area contributed by atoms with E-state index < -0.39 is 17.7 Å². The van der Waals surface area contributed by atoms with E-state index in [0.29, 0.717) is 13.1 Å². The Hall–Kier alpha value is -0.703. The number of likely N-dealkylation sites (tertiary alicyclic amines) is 1. The number of hydrogen-bond acceptors (Lipinski definition) is 5. The molecule has 7 heteroatoms. The molecule has 1 rings (SSSR count). The predicted molar refractivity (Wildman–Crippen MR) is 54.6 cm³/mol. The van der Waals surface area contributed by atoms with Crippen LogP contribution in [0.2, 0.25) is 0 Å². The molecule has 92 valence electrons. The Bertz CT molecular complexity index is 285. The van der Waals surface area contributed by atoms with Crippen molar-refractivity contribution in [1.29, 1.82) is 0 Å². The van der Waals surface area contributed by atoms with Crippen LogP contribution in [0.4, 0.5) is 4.79 Å². The SMILES string of the molecule is CC(C)(C)OC(=O)NC1CN(CC(=O)[O-])C1.[Li+]. The van der Waals surface area contributed by atoms with Crippen LogP contribution < -0.4 is 29.3 Å². The average molecular weight is 236 g/mol. The molecule has 1 fully saturated rings. The molecule has 1 amide bonds. The van der Waals surface area contributed by atoms with E-state index in [1.165, 1.54) is 0 Å². The van der Waals surface area contributed by atoms with E-state index in [0.717, 1.165) is 0 Å². The topological polar surface area (TPSA) is 81.7 Å². The van der Waals surface area contributed by atoms with Crippen molar-refractivity contribution in [2.45, 2.75) is 32.4 Å². The van der Waals surface area contributed by atoms with Gasteiger partial charge in [0.15, 0.2) is 0 Å². The van der Waals surface area contributed by atoms with E-state index in [1.807, 2.05) is 0 Å². The van der Waals surface area contributed by atoms with Gasteiger partial charge in [-0.3, -0.25) is 4.90 Å². The van der Waals surface area contributed by atoms with Gasteiger partial charge in [0.1, 0.15) is 5.60 Å². The summed E-state index contributed by atoms with van der Waals surface area (Å²) < 4.78 is 5.06. The number of carboxylic acids is 1. The first-order valence-corrected chi connectivity index (χ1v) is 5.18. The van der Waals surface area contributed by atoms with Crippen LogP contribution in [0.25, 0.3) is 0 Å². The fourth-order valence-electron chi connectivity index (χ4n) is 1.45. The molecule has 6 nitrogen and oxygen atoms in total. The van der Waals surface area contributed by atoms with Gasteiger partial charge in [0.2, 0.25) is 0 Å². The second kappa shape index (κ2) is 6.29. The summed E-state index contributed by atoms with van der Waals surface area (Å²) in [5, 5.41) is 12.9. The molecule has 0 aromatic carbocycles. The molecule has 0 unspecified atom stereocenters. The summed E-state index contributed by atoms with van der Waals surface area (Å²) in [6, 6.07) is -0.0331. The van der Waals surface area contributed by atoms with Crippen molar-refractivity contribution < 1.29 is 38.3 Å². The van der Waals surface area contributed by atoms with Crippen molar-refractivity contribution in [3.05, 3.63) is 0 Å². The summed E-state index contributed by atoms with van der Waals surface area (Å²) in [7, 11) is 0. The smallest absolute Gasteiger partial charge is 0.549 e. The molecule has 1 heterocycles. The molecule has 0 bridgehead atoms. The zero-order valence-corrected chi connectivity index (χ0v) is 10.8. The number of nitrogens with zero attached hydrogens (tertiary/aromatic N) is 1. The zero-order valence-electron chi connectivity index (χ0n) is 10.8. The van der Waals surface area contributed by atoms with Gasteiger partial charge in [-0.05, 0) is 20.8 Å². The second-order valence-electron chi connectivity index (χ2n) is 4.91. The van der Waals surface area contributed by atoms with E-state index in [1.54, 1.807) is 25.7 Å². The van der Waals surface area contributed by atoms with Gasteiger partial charge in [0.05, 0.1) is 12.0 Å². The van der Waals surface area contributed by atoms with Crippen molar-refractivity contribution in [2.24, 2.45) is 0 Å². The van der Waals surface area contributed by atoms with Crippen molar-refractivity contribution in [1.82, 2.24) is 10.2 Å². The first-order valence-electron chi connectivity index (χ1n) is 5.18. The Kier molecular flexibility index (Phi) is 6.03. The summed E-state index contributed by atoms with van der Waals surface area (Å²) >= 11 is 0. The maximum absolute atomic E-state index is 11.3. The van der Waals surface area contributed by atoms with E-state index in [9.17, 15) is 14.7 Å². The molecule has 0 spiro atoms. The summed E-state index contributed by atoms with van der Waals surface area (Å²) in [4.78, 5) is 23.2. The van der Waals surface area contributed by atoms with Gasteiger partial charge in [-0.25, -0.2) is 4.79 Å². The Morgan fingerprint density at radius 1 is 1.41 bits per heavy atom. The van der Waals surface area contributed by atoms with Crippen molar-refractivity contribution in [2.75, 3.05) is 19.6 Å². The van der Waals surface area contributed by atoms with Crippen LogP contribution >= 0.6 is 0 Å². The Balaban J connectivity index is 0.00000256. The molecule has 0 saturated carbocycles. The van der Waals surface area contributed by atoms with Gasteiger partial charge in [-0.15, -0.1) is 0 Å². The largest absolute Gasteiger partial charge is 1.00 e. The zero-order chi connectivity index (χ0) is 12.3. The summed E-state index contributed by atoms with van der Waals surface area (Å²) in [5.41, 5.74) is -0.515.